The molecule has 0 spiro atoms. The number of anilines is 1. The van der Waals surface area contributed by atoms with E-state index in [1.54, 1.807) is 0 Å². The van der Waals surface area contributed by atoms with Crippen molar-refractivity contribution < 1.29 is 0 Å². The molecule has 2 heteroatoms. The summed E-state index contributed by atoms with van der Waals surface area (Å²) in [6.45, 7) is 5.98. The fraction of sp³-hybridized carbons (Fsp3) is 0.0588. The Balaban J connectivity index is 2.52. The maximum absolute atomic E-state index is 6.18. The largest absolute Gasteiger partial charge is 0.397 e. The van der Waals surface area contributed by atoms with E-state index in [1.165, 1.54) is 27.7 Å². The number of rotatable bonds is 2. The highest BCUT2D eigenvalue weighted by atomic mass is 79.9. The summed E-state index contributed by atoms with van der Waals surface area (Å²) in [5.74, 6) is 0. The third-order valence-electron chi connectivity index (χ3n) is 3.56. The van der Waals surface area contributed by atoms with Crippen molar-refractivity contribution in [3.8, 4) is 0 Å². The Bertz CT molecular complexity index is 766. The lowest BCUT2D eigenvalue weighted by Crippen LogP contribution is -1.91. The van der Waals surface area contributed by atoms with Crippen LogP contribution in [0.15, 0.2) is 53.5 Å². The summed E-state index contributed by atoms with van der Waals surface area (Å²) in [6.07, 6.45) is 6.11. The Morgan fingerprint density at radius 1 is 1.21 bits per heavy atom. The van der Waals surface area contributed by atoms with Gasteiger partial charge in [-0.25, -0.2) is 0 Å². The van der Waals surface area contributed by atoms with E-state index in [-0.39, 0.29) is 0 Å². The number of allylic oxidation sites excluding steroid dienone is 5. The zero-order chi connectivity index (χ0) is 13.6. The molecule has 0 fully saturated rings. The van der Waals surface area contributed by atoms with Crippen LogP contribution in [0.25, 0.3) is 21.9 Å². The van der Waals surface area contributed by atoms with E-state index in [9.17, 15) is 0 Å². The van der Waals surface area contributed by atoms with Crippen molar-refractivity contribution >= 4 is 43.5 Å². The van der Waals surface area contributed by atoms with Crippen molar-refractivity contribution in [2.45, 2.75) is 6.92 Å². The minimum absolute atomic E-state index is 0.797. The Morgan fingerprint density at radius 3 is 2.68 bits per heavy atom. The van der Waals surface area contributed by atoms with Crippen molar-refractivity contribution in [1.29, 1.82) is 0 Å². The van der Waals surface area contributed by atoms with E-state index >= 15 is 0 Å². The van der Waals surface area contributed by atoms with Crippen LogP contribution < -0.4 is 5.73 Å². The molecule has 2 N–H and O–H groups in total. The minimum atomic E-state index is 0.797. The van der Waals surface area contributed by atoms with Gasteiger partial charge in [-0.2, -0.15) is 0 Å². The van der Waals surface area contributed by atoms with E-state index in [2.05, 4.69) is 52.9 Å². The van der Waals surface area contributed by atoms with Gasteiger partial charge in [-0.3, -0.25) is 0 Å². The lowest BCUT2D eigenvalue weighted by Gasteiger charge is -2.08. The van der Waals surface area contributed by atoms with Crippen molar-refractivity contribution in [1.82, 2.24) is 0 Å². The van der Waals surface area contributed by atoms with Gasteiger partial charge < -0.3 is 5.73 Å². The zero-order valence-corrected chi connectivity index (χ0v) is 12.3. The molecular weight excluding hydrogens is 298 g/mol. The topological polar surface area (TPSA) is 26.0 Å². The molecule has 0 heterocycles. The van der Waals surface area contributed by atoms with Crippen molar-refractivity contribution in [3.05, 3.63) is 64.7 Å². The van der Waals surface area contributed by atoms with Gasteiger partial charge in [0, 0.05) is 9.86 Å². The average molecular weight is 312 g/mol. The minimum Gasteiger partial charge on any atom is -0.397 e. The number of nitrogen functional groups attached to an aromatic ring is 1. The molecule has 3 rings (SSSR count). The maximum Gasteiger partial charge on any atom is 0.0538 e. The van der Waals surface area contributed by atoms with Crippen LogP contribution in [0.2, 0.25) is 0 Å². The summed E-state index contributed by atoms with van der Waals surface area (Å²) < 4.78 is 0.944. The van der Waals surface area contributed by atoms with Gasteiger partial charge in [0.15, 0.2) is 0 Å². The molecule has 2 aromatic carbocycles. The number of hydrogen-bond acceptors (Lipinski definition) is 1. The molecule has 1 aliphatic rings. The molecule has 0 saturated carbocycles. The molecule has 0 amide bonds. The Morgan fingerprint density at radius 2 is 2.00 bits per heavy atom. The van der Waals surface area contributed by atoms with Crippen LogP contribution in [-0.4, -0.2) is 0 Å². The summed E-state index contributed by atoms with van der Waals surface area (Å²) in [7, 11) is 0. The quantitative estimate of drug-likeness (QED) is 0.761. The molecule has 0 atom stereocenters. The molecule has 1 aliphatic carbocycles. The highest BCUT2D eigenvalue weighted by Crippen LogP contribution is 2.46. The Hall–Kier alpha value is -1.80. The standard InChI is InChI=1S/C17H14BrN/c1-3-6-11-10(4-2)12-7-5-8-13-16(12)14(11)9-15(18)17(13)19/h3-9H,2,19H2,1H3/b6-3-. The molecule has 0 saturated heterocycles. The zero-order valence-electron chi connectivity index (χ0n) is 10.7. The fourth-order valence-corrected chi connectivity index (χ4v) is 3.21. The smallest absolute Gasteiger partial charge is 0.0538 e. The molecule has 0 unspecified atom stereocenters. The van der Waals surface area contributed by atoms with Crippen molar-refractivity contribution in [2.75, 3.05) is 5.73 Å². The average Bonchev–Trinajstić information content (AvgIpc) is 2.71. The van der Waals surface area contributed by atoms with Gasteiger partial charge in [-0.05, 0) is 56.6 Å². The predicted octanol–water partition coefficient (Wildman–Crippen LogP) is 5.17. The third-order valence-corrected chi connectivity index (χ3v) is 4.22. The maximum atomic E-state index is 6.18. The van der Waals surface area contributed by atoms with Gasteiger partial charge in [0.1, 0.15) is 0 Å². The SMILES string of the molecule is C=CC1=C(/C=C\C)c2cc(Br)c(N)c3cccc1c23. The van der Waals surface area contributed by atoms with Gasteiger partial charge in [0.05, 0.1) is 5.69 Å². The summed E-state index contributed by atoms with van der Waals surface area (Å²) >= 11 is 3.55. The third kappa shape index (κ3) is 1.60. The molecular formula is C17H14BrN. The summed E-state index contributed by atoms with van der Waals surface area (Å²) in [5, 5.41) is 2.33. The van der Waals surface area contributed by atoms with Crippen molar-refractivity contribution in [2.24, 2.45) is 0 Å². The Kier molecular flexibility index (Phi) is 2.83. The second kappa shape index (κ2) is 4.39. The van der Waals surface area contributed by atoms with E-state index in [0.717, 1.165) is 15.5 Å². The summed E-state index contributed by atoms with van der Waals surface area (Å²) in [5.41, 5.74) is 11.8. The molecule has 0 bridgehead atoms. The van der Waals surface area contributed by atoms with Gasteiger partial charge in [-0.1, -0.05) is 43.0 Å². The van der Waals surface area contributed by atoms with Crippen LogP contribution in [0.5, 0.6) is 0 Å². The molecule has 0 radical (unpaired) electrons. The van der Waals surface area contributed by atoms with Crippen LogP contribution in [0.4, 0.5) is 5.69 Å². The first-order chi connectivity index (χ1) is 9.19. The monoisotopic (exact) mass is 311 g/mol. The van der Waals surface area contributed by atoms with Crippen LogP contribution in [0.3, 0.4) is 0 Å². The molecule has 1 nitrogen and oxygen atoms in total. The highest BCUT2D eigenvalue weighted by Gasteiger charge is 2.22. The van der Waals surface area contributed by atoms with E-state index in [0.29, 0.717) is 0 Å². The van der Waals surface area contributed by atoms with Gasteiger partial charge >= 0.3 is 0 Å². The van der Waals surface area contributed by atoms with Crippen LogP contribution in [-0.2, 0) is 0 Å². The molecule has 0 aliphatic heterocycles. The van der Waals surface area contributed by atoms with Gasteiger partial charge in [0.2, 0.25) is 0 Å². The molecule has 94 valence electrons. The number of benzene rings is 2. The van der Waals surface area contributed by atoms with E-state index in [1.807, 2.05) is 19.1 Å². The van der Waals surface area contributed by atoms with E-state index < -0.39 is 0 Å². The van der Waals surface area contributed by atoms with Crippen LogP contribution >= 0.6 is 15.9 Å². The van der Waals surface area contributed by atoms with Crippen LogP contribution in [0.1, 0.15) is 18.1 Å². The first-order valence-corrected chi connectivity index (χ1v) is 6.99. The van der Waals surface area contributed by atoms with Gasteiger partial charge in [0.25, 0.3) is 0 Å². The number of halogens is 1. The van der Waals surface area contributed by atoms with Crippen molar-refractivity contribution in [3.63, 3.8) is 0 Å². The summed E-state index contributed by atoms with van der Waals surface area (Å²) in [6, 6.07) is 8.35. The predicted molar refractivity (Wildman–Crippen MR) is 87.9 cm³/mol. The number of nitrogens with two attached hydrogens (primary N) is 1. The van der Waals surface area contributed by atoms with Gasteiger partial charge in [-0.15, -0.1) is 0 Å². The lowest BCUT2D eigenvalue weighted by atomic mass is 10.0. The van der Waals surface area contributed by atoms with Crippen LogP contribution in [0, 0.1) is 0 Å². The summed E-state index contributed by atoms with van der Waals surface area (Å²) in [4.78, 5) is 0. The Labute approximate surface area is 121 Å². The second-order valence-electron chi connectivity index (χ2n) is 4.58. The second-order valence-corrected chi connectivity index (χ2v) is 5.43. The fourth-order valence-electron chi connectivity index (χ4n) is 2.77. The normalized spacial score (nSPS) is 13.8. The van der Waals surface area contributed by atoms with E-state index in [4.69, 9.17) is 5.73 Å². The molecule has 0 aromatic heterocycles. The highest BCUT2D eigenvalue weighted by molar-refractivity contribution is 9.10. The first-order valence-electron chi connectivity index (χ1n) is 6.20. The lowest BCUT2D eigenvalue weighted by molar-refractivity contribution is 1.64. The number of hydrogen-bond donors (Lipinski definition) is 1. The first kappa shape index (κ1) is 12.2. The molecule has 2 aromatic rings. The molecule has 19 heavy (non-hydrogen) atoms.